The molecule has 0 spiro atoms. The molecule has 23 heavy (non-hydrogen) atoms. The zero-order valence-electron chi connectivity index (χ0n) is 14.0. The van der Waals surface area contributed by atoms with Crippen molar-refractivity contribution in [3.63, 3.8) is 0 Å². The van der Waals surface area contributed by atoms with Crippen LogP contribution >= 0.6 is 0 Å². The van der Waals surface area contributed by atoms with Gasteiger partial charge in [0.25, 0.3) is 0 Å². The van der Waals surface area contributed by atoms with Crippen LogP contribution in [-0.4, -0.2) is 49.1 Å². The van der Waals surface area contributed by atoms with Gasteiger partial charge < -0.3 is 24.6 Å². The average Bonchev–Trinajstić information content (AvgIpc) is 2.99. The van der Waals surface area contributed by atoms with Crippen LogP contribution in [0.15, 0.2) is 4.52 Å². The number of aromatic nitrogens is 2. The Balaban J connectivity index is 2.03. The van der Waals surface area contributed by atoms with Crippen LogP contribution in [0.4, 0.5) is 4.79 Å². The van der Waals surface area contributed by atoms with Gasteiger partial charge in [0, 0.05) is 20.3 Å². The van der Waals surface area contributed by atoms with Crippen molar-refractivity contribution in [3.8, 4) is 0 Å². The third-order valence-electron chi connectivity index (χ3n) is 4.03. The molecule has 1 aromatic heterocycles. The minimum Gasteiger partial charge on any atom is -0.383 e. The van der Waals surface area contributed by atoms with E-state index < -0.39 is 0 Å². The first-order valence-corrected chi connectivity index (χ1v) is 8.08. The molecule has 1 aliphatic heterocycles. The van der Waals surface area contributed by atoms with Crippen molar-refractivity contribution < 1.29 is 18.8 Å². The molecule has 0 aliphatic carbocycles. The van der Waals surface area contributed by atoms with Crippen LogP contribution in [0.25, 0.3) is 0 Å². The fourth-order valence-electron chi connectivity index (χ4n) is 2.70. The summed E-state index contributed by atoms with van der Waals surface area (Å²) in [6.45, 7) is 5.60. The minimum atomic E-state index is -0.305. The van der Waals surface area contributed by atoms with Gasteiger partial charge in [-0.2, -0.15) is 4.98 Å². The van der Waals surface area contributed by atoms with Gasteiger partial charge in [-0.3, -0.25) is 0 Å². The van der Waals surface area contributed by atoms with E-state index >= 15 is 0 Å². The van der Waals surface area contributed by atoms with E-state index in [-0.39, 0.29) is 24.0 Å². The highest BCUT2D eigenvalue weighted by atomic mass is 16.5. The monoisotopic (exact) mass is 326 g/mol. The van der Waals surface area contributed by atoms with Crippen molar-refractivity contribution in [2.24, 2.45) is 5.92 Å². The predicted octanol–water partition coefficient (Wildman–Crippen LogP) is 1.57. The van der Waals surface area contributed by atoms with Crippen molar-refractivity contribution in [2.45, 2.75) is 45.2 Å². The highest BCUT2D eigenvalue weighted by Crippen LogP contribution is 2.29. The summed E-state index contributed by atoms with van der Waals surface area (Å²) in [5, 5.41) is 9.74. The molecular formula is C15H26N4O4. The number of nitrogens with zero attached hydrogens (tertiary/aromatic N) is 2. The van der Waals surface area contributed by atoms with Crippen LogP contribution in [0.1, 0.15) is 43.9 Å². The number of nitrogens with one attached hydrogen (secondary N) is 2. The Hall–Kier alpha value is -1.67. The van der Waals surface area contributed by atoms with Gasteiger partial charge in [-0.05, 0) is 32.1 Å². The van der Waals surface area contributed by atoms with Gasteiger partial charge in [-0.25, -0.2) is 4.79 Å². The van der Waals surface area contributed by atoms with Crippen molar-refractivity contribution >= 4 is 6.03 Å². The molecule has 0 radical (unpaired) electrons. The number of hydrogen-bond acceptors (Lipinski definition) is 6. The van der Waals surface area contributed by atoms with Gasteiger partial charge in [0.1, 0.15) is 6.04 Å². The maximum absolute atomic E-state index is 12.3. The van der Waals surface area contributed by atoms with Crippen LogP contribution < -0.4 is 10.6 Å². The van der Waals surface area contributed by atoms with Crippen molar-refractivity contribution in [2.75, 3.05) is 26.9 Å². The fraction of sp³-hybridized carbons (Fsp3) is 0.800. The SMILES string of the molecule is CC[C@@H](COC)NC(=O)N[C@@H](c1nc(C)no1)C1CCOCC1. The number of amides is 2. The Bertz CT molecular complexity index is 488. The summed E-state index contributed by atoms with van der Waals surface area (Å²) in [6.07, 6.45) is 2.49. The third-order valence-corrected chi connectivity index (χ3v) is 4.03. The van der Waals surface area contributed by atoms with Gasteiger partial charge in [-0.15, -0.1) is 0 Å². The molecule has 0 aromatic carbocycles. The van der Waals surface area contributed by atoms with E-state index in [2.05, 4.69) is 20.8 Å². The maximum atomic E-state index is 12.3. The Kier molecular flexibility index (Phi) is 6.79. The molecule has 1 saturated heterocycles. The molecule has 2 N–H and O–H groups in total. The van der Waals surface area contributed by atoms with Crippen LogP contribution in [0.2, 0.25) is 0 Å². The number of urea groups is 1. The van der Waals surface area contributed by atoms with E-state index in [1.54, 1.807) is 14.0 Å². The highest BCUT2D eigenvalue weighted by molar-refractivity contribution is 5.74. The lowest BCUT2D eigenvalue weighted by atomic mass is 9.91. The van der Waals surface area contributed by atoms with E-state index in [9.17, 15) is 4.79 Å². The van der Waals surface area contributed by atoms with Crippen LogP contribution in [0.5, 0.6) is 0 Å². The number of rotatable bonds is 7. The lowest BCUT2D eigenvalue weighted by Gasteiger charge is -2.29. The van der Waals surface area contributed by atoms with Crippen molar-refractivity contribution in [1.82, 2.24) is 20.8 Å². The smallest absolute Gasteiger partial charge is 0.315 e. The van der Waals surface area contributed by atoms with Crippen LogP contribution in [0, 0.1) is 12.8 Å². The molecule has 1 aromatic rings. The Morgan fingerprint density at radius 1 is 1.39 bits per heavy atom. The molecule has 0 saturated carbocycles. The molecule has 0 unspecified atom stereocenters. The molecule has 130 valence electrons. The number of ether oxygens (including phenoxy) is 2. The van der Waals surface area contributed by atoms with Crippen molar-refractivity contribution in [3.05, 3.63) is 11.7 Å². The molecule has 1 aliphatic rings. The van der Waals surface area contributed by atoms with Gasteiger partial charge in [0.15, 0.2) is 5.82 Å². The number of hydrogen-bond donors (Lipinski definition) is 2. The summed E-state index contributed by atoms with van der Waals surface area (Å²) in [4.78, 5) is 16.6. The second-order valence-electron chi connectivity index (χ2n) is 5.79. The largest absolute Gasteiger partial charge is 0.383 e. The standard InChI is InChI=1S/C15H26N4O4/c1-4-12(9-21-3)17-15(20)18-13(11-5-7-22-8-6-11)14-16-10(2)19-23-14/h11-13H,4-9H2,1-3H3,(H2,17,18,20)/t12-,13+/m0/s1. The Morgan fingerprint density at radius 3 is 2.70 bits per heavy atom. The number of carbonyl (C=O) groups excluding carboxylic acids is 1. The Morgan fingerprint density at radius 2 is 2.13 bits per heavy atom. The molecule has 1 fully saturated rings. The zero-order valence-corrected chi connectivity index (χ0v) is 14.0. The molecular weight excluding hydrogens is 300 g/mol. The summed E-state index contributed by atoms with van der Waals surface area (Å²) >= 11 is 0. The first kappa shape index (κ1) is 17.7. The van der Waals surface area contributed by atoms with E-state index in [4.69, 9.17) is 14.0 Å². The first-order valence-electron chi connectivity index (χ1n) is 8.08. The second-order valence-corrected chi connectivity index (χ2v) is 5.79. The molecule has 0 bridgehead atoms. The summed E-state index contributed by atoms with van der Waals surface area (Å²) in [5.74, 6) is 1.23. The van der Waals surface area contributed by atoms with Crippen molar-refractivity contribution in [1.29, 1.82) is 0 Å². The lowest BCUT2D eigenvalue weighted by Crippen LogP contribution is -2.47. The van der Waals surface area contributed by atoms with Crippen LogP contribution in [-0.2, 0) is 9.47 Å². The first-order chi connectivity index (χ1) is 11.1. The quantitative estimate of drug-likeness (QED) is 0.789. The van der Waals surface area contributed by atoms with E-state index in [1.807, 2.05) is 6.92 Å². The molecule has 2 heterocycles. The van der Waals surface area contributed by atoms with Gasteiger partial charge in [0.2, 0.25) is 5.89 Å². The molecule has 2 rings (SSSR count). The third kappa shape index (κ3) is 5.18. The van der Waals surface area contributed by atoms with E-state index in [0.717, 1.165) is 19.3 Å². The van der Waals surface area contributed by atoms with Gasteiger partial charge in [0.05, 0.1) is 12.6 Å². The maximum Gasteiger partial charge on any atom is 0.315 e. The molecule has 8 heteroatoms. The predicted molar refractivity (Wildman–Crippen MR) is 82.9 cm³/mol. The minimum absolute atomic E-state index is 0.0280. The van der Waals surface area contributed by atoms with Crippen LogP contribution in [0.3, 0.4) is 0 Å². The fourth-order valence-corrected chi connectivity index (χ4v) is 2.70. The van der Waals surface area contributed by atoms with Gasteiger partial charge in [-0.1, -0.05) is 12.1 Å². The lowest BCUT2D eigenvalue weighted by molar-refractivity contribution is 0.0501. The number of methoxy groups -OCH3 is 1. The summed E-state index contributed by atoms with van der Waals surface area (Å²) in [7, 11) is 1.62. The normalized spacial score (nSPS) is 18.4. The molecule has 2 atom stereocenters. The topological polar surface area (TPSA) is 98.5 Å². The summed E-state index contributed by atoms with van der Waals surface area (Å²) in [5.41, 5.74) is 0. The molecule has 2 amide bonds. The Labute approximate surface area is 136 Å². The second kappa shape index (κ2) is 8.83. The highest BCUT2D eigenvalue weighted by Gasteiger charge is 2.31. The van der Waals surface area contributed by atoms with E-state index in [0.29, 0.717) is 31.5 Å². The average molecular weight is 326 g/mol. The van der Waals surface area contributed by atoms with Gasteiger partial charge >= 0.3 is 6.03 Å². The molecule has 8 nitrogen and oxygen atoms in total. The zero-order chi connectivity index (χ0) is 16.7. The summed E-state index contributed by atoms with van der Waals surface area (Å²) < 4.78 is 15.8. The summed E-state index contributed by atoms with van der Waals surface area (Å²) in [6, 6.07) is -0.582. The van der Waals surface area contributed by atoms with E-state index in [1.165, 1.54) is 0 Å². The number of carbonyl (C=O) groups is 1. The number of aryl methyl sites for hydroxylation is 1.